The van der Waals surface area contributed by atoms with Crippen LogP contribution in [0.4, 0.5) is 0 Å². The topological polar surface area (TPSA) is 63.6 Å². The van der Waals surface area contributed by atoms with Gasteiger partial charge in [-0.3, -0.25) is 4.79 Å². The smallest absolute Gasteiger partial charge is 0.344 e. The highest BCUT2D eigenvalue weighted by molar-refractivity contribution is 5.77. The average molecular weight is 355 g/mol. The van der Waals surface area contributed by atoms with Crippen molar-refractivity contribution in [3.63, 3.8) is 0 Å². The van der Waals surface area contributed by atoms with E-state index in [4.69, 9.17) is 9.84 Å². The Bertz CT molecular complexity index is 363. The molecule has 0 radical (unpaired) electrons. The third kappa shape index (κ3) is 17.3. The lowest BCUT2D eigenvalue weighted by molar-refractivity contribution is -0.162. The van der Waals surface area contributed by atoms with Crippen LogP contribution in [0.15, 0.2) is 12.2 Å². The van der Waals surface area contributed by atoms with Gasteiger partial charge in [0.15, 0.2) is 6.10 Å². The molecule has 0 amide bonds. The van der Waals surface area contributed by atoms with Gasteiger partial charge in [0.1, 0.15) is 0 Å². The van der Waals surface area contributed by atoms with E-state index in [1.165, 1.54) is 64.7 Å². The molecule has 4 nitrogen and oxygen atoms in total. The number of carbonyl (C=O) groups is 2. The molecule has 0 aromatic heterocycles. The first-order chi connectivity index (χ1) is 12.1. The number of carboxylic acid groups (broad SMARTS) is 1. The van der Waals surface area contributed by atoms with Gasteiger partial charge in [-0.05, 0) is 39.0 Å². The van der Waals surface area contributed by atoms with Crippen molar-refractivity contribution < 1.29 is 19.4 Å². The van der Waals surface area contributed by atoms with E-state index in [-0.39, 0.29) is 0 Å². The summed E-state index contributed by atoms with van der Waals surface area (Å²) in [5, 5.41) is 8.65. The molecule has 0 unspecified atom stereocenters. The Morgan fingerprint density at radius 1 is 0.840 bits per heavy atom. The van der Waals surface area contributed by atoms with Gasteiger partial charge in [-0.2, -0.15) is 0 Å². The Kier molecular flexibility index (Phi) is 16.6. The van der Waals surface area contributed by atoms with E-state index in [0.717, 1.165) is 25.7 Å². The quantitative estimate of drug-likeness (QED) is 0.196. The molecule has 25 heavy (non-hydrogen) atoms. The average Bonchev–Trinajstić information content (AvgIpc) is 2.58. The highest BCUT2D eigenvalue weighted by Gasteiger charge is 2.15. The van der Waals surface area contributed by atoms with Crippen LogP contribution >= 0.6 is 0 Å². The summed E-state index contributed by atoms with van der Waals surface area (Å²) in [4.78, 5) is 22.0. The monoisotopic (exact) mass is 354 g/mol. The minimum atomic E-state index is -1.10. The molecular weight excluding hydrogens is 316 g/mol. The number of carbonyl (C=O) groups excluding carboxylic acids is 1. The molecule has 0 aliphatic heterocycles. The van der Waals surface area contributed by atoms with Gasteiger partial charge in [0.2, 0.25) is 0 Å². The highest BCUT2D eigenvalue weighted by Crippen LogP contribution is 2.10. The summed E-state index contributed by atoms with van der Waals surface area (Å²) >= 11 is 0. The first-order valence-corrected chi connectivity index (χ1v) is 10.1. The van der Waals surface area contributed by atoms with E-state index >= 15 is 0 Å². The van der Waals surface area contributed by atoms with E-state index in [9.17, 15) is 9.59 Å². The zero-order valence-corrected chi connectivity index (χ0v) is 16.3. The van der Waals surface area contributed by atoms with E-state index in [0.29, 0.717) is 6.42 Å². The number of aliphatic carboxylic acids is 1. The third-order valence-electron chi connectivity index (χ3n) is 4.30. The molecule has 0 aromatic carbocycles. The van der Waals surface area contributed by atoms with Gasteiger partial charge >= 0.3 is 11.9 Å². The van der Waals surface area contributed by atoms with Crippen molar-refractivity contribution >= 4 is 11.9 Å². The van der Waals surface area contributed by atoms with Gasteiger partial charge in [-0.25, -0.2) is 4.79 Å². The van der Waals surface area contributed by atoms with Crippen molar-refractivity contribution in [2.75, 3.05) is 0 Å². The molecule has 0 bridgehead atoms. The third-order valence-corrected chi connectivity index (χ3v) is 4.30. The van der Waals surface area contributed by atoms with E-state index in [1.807, 2.05) is 0 Å². The number of allylic oxidation sites excluding steroid dienone is 2. The molecule has 0 aromatic rings. The van der Waals surface area contributed by atoms with Crippen molar-refractivity contribution in [2.24, 2.45) is 0 Å². The molecule has 0 aliphatic rings. The molecule has 0 heterocycles. The number of unbranched alkanes of at least 4 members (excludes halogenated alkanes) is 11. The zero-order chi connectivity index (χ0) is 18.8. The highest BCUT2D eigenvalue weighted by atomic mass is 16.6. The number of hydrogen-bond donors (Lipinski definition) is 1. The summed E-state index contributed by atoms with van der Waals surface area (Å²) in [6.45, 7) is 3.62. The molecule has 0 spiro atoms. The SMILES string of the molecule is CCCCCCCC/C=C/CCCCCCCC(=O)O[C@@H](C)C(=O)O. The molecule has 1 N–H and O–H groups in total. The molecule has 0 aliphatic carbocycles. The lowest BCUT2D eigenvalue weighted by Gasteiger charge is -2.08. The van der Waals surface area contributed by atoms with Crippen LogP contribution in [0, 0.1) is 0 Å². The molecule has 0 fully saturated rings. The number of ether oxygens (including phenoxy) is 1. The lowest BCUT2D eigenvalue weighted by atomic mass is 10.1. The van der Waals surface area contributed by atoms with Crippen molar-refractivity contribution in [2.45, 2.75) is 110 Å². The van der Waals surface area contributed by atoms with Crippen LogP contribution in [-0.2, 0) is 14.3 Å². The second-order valence-electron chi connectivity index (χ2n) is 6.80. The lowest BCUT2D eigenvalue weighted by Crippen LogP contribution is -2.23. The molecule has 1 atom stereocenters. The van der Waals surface area contributed by atoms with Gasteiger partial charge < -0.3 is 9.84 Å². The van der Waals surface area contributed by atoms with Crippen LogP contribution in [0.5, 0.6) is 0 Å². The van der Waals surface area contributed by atoms with E-state index in [1.54, 1.807) is 0 Å². The fraction of sp³-hybridized carbons (Fsp3) is 0.810. The minimum Gasteiger partial charge on any atom is -0.479 e. The zero-order valence-electron chi connectivity index (χ0n) is 16.3. The fourth-order valence-electron chi connectivity index (χ4n) is 2.65. The van der Waals surface area contributed by atoms with Crippen molar-refractivity contribution in [3.05, 3.63) is 12.2 Å². The van der Waals surface area contributed by atoms with Crippen LogP contribution in [0.3, 0.4) is 0 Å². The Morgan fingerprint density at radius 3 is 1.84 bits per heavy atom. The summed E-state index contributed by atoms with van der Waals surface area (Å²) in [6.07, 6.45) is 19.7. The van der Waals surface area contributed by atoms with Crippen LogP contribution in [0.1, 0.15) is 104 Å². The van der Waals surface area contributed by atoms with Crippen molar-refractivity contribution in [3.8, 4) is 0 Å². The predicted molar refractivity (Wildman–Crippen MR) is 103 cm³/mol. The minimum absolute atomic E-state index is 0.315. The predicted octanol–water partition coefficient (Wildman–Crippen LogP) is 6.04. The number of esters is 1. The Hall–Kier alpha value is -1.32. The molecular formula is C21H38O4. The van der Waals surface area contributed by atoms with Gasteiger partial charge in [-0.1, -0.05) is 70.4 Å². The Labute approximate surface area is 154 Å². The van der Waals surface area contributed by atoms with Gasteiger partial charge in [0.25, 0.3) is 0 Å². The maximum Gasteiger partial charge on any atom is 0.344 e. The van der Waals surface area contributed by atoms with Crippen molar-refractivity contribution in [1.82, 2.24) is 0 Å². The van der Waals surface area contributed by atoms with Crippen molar-refractivity contribution in [1.29, 1.82) is 0 Å². The number of rotatable bonds is 17. The standard InChI is InChI=1S/C21H38O4/c1-3-4-5-6-7-8-9-10-11-12-13-14-15-16-17-18-20(22)25-19(2)21(23)24/h10-11,19H,3-9,12-18H2,1-2H3,(H,23,24)/b11-10+/t19-/m0/s1. The second kappa shape index (κ2) is 17.5. The first-order valence-electron chi connectivity index (χ1n) is 10.1. The first kappa shape index (κ1) is 23.7. The molecule has 4 heteroatoms. The maximum atomic E-state index is 11.4. The summed E-state index contributed by atoms with van der Waals surface area (Å²) in [6, 6.07) is 0. The maximum absolute atomic E-state index is 11.4. The van der Waals surface area contributed by atoms with Crippen LogP contribution < -0.4 is 0 Å². The molecule has 0 saturated carbocycles. The normalized spacial score (nSPS) is 12.4. The van der Waals surface area contributed by atoms with Gasteiger partial charge in [-0.15, -0.1) is 0 Å². The molecule has 0 rings (SSSR count). The Morgan fingerprint density at radius 2 is 1.32 bits per heavy atom. The molecule has 0 saturated heterocycles. The Balaban J connectivity index is 3.29. The second-order valence-corrected chi connectivity index (χ2v) is 6.80. The summed E-state index contributed by atoms with van der Waals surface area (Å²) in [7, 11) is 0. The van der Waals surface area contributed by atoms with Crippen LogP contribution in [-0.4, -0.2) is 23.1 Å². The van der Waals surface area contributed by atoms with E-state index in [2.05, 4.69) is 19.1 Å². The summed E-state index contributed by atoms with van der Waals surface area (Å²) in [5.41, 5.74) is 0. The summed E-state index contributed by atoms with van der Waals surface area (Å²) < 4.78 is 4.78. The molecule has 146 valence electrons. The van der Waals surface area contributed by atoms with Gasteiger partial charge in [0, 0.05) is 6.42 Å². The number of carboxylic acids is 1. The van der Waals surface area contributed by atoms with Crippen LogP contribution in [0.2, 0.25) is 0 Å². The van der Waals surface area contributed by atoms with Crippen LogP contribution in [0.25, 0.3) is 0 Å². The number of hydrogen-bond acceptors (Lipinski definition) is 3. The fourth-order valence-corrected chi connectivity index (χ4v) is 2.65. The van der Waals surface area contributed by atoms with E-state index < -0.39 is 18.0 Å². The van der Waals surface area contributed by atoms with Gasteiger partial charge in [0.05, 0.1) is 0 Å². The summed E-state index contributed by atoms with van der Waals surface area (Å²) in [5.74, 6) is -1.51. The largest absolute Gasteiger partial charge is 0.479 e.